The second-order valence-corrected chi connectivity index (χ2v) is 8.47. The van der Waals surface area contributed by atoms with E-state index in [1.807, 2.05) is 0 Å². The minimum Gasteiger partial charge on any atom is -0.457 e. The summed E-state index contributed by atoms with van der Waals surface area (Å²) in [6.07, 6.45) is 0.381. The van der Waals surface area contributed by atoms with E-state index in [0.29, 0.717) is 17.1 Å². The first-order chi connectivity index (χ1) is 14.0. The van der Waals surface area contributed by atoms with Crippen molar-refractivity contribution in [3.63, 3.8) is 0 Å². The van der Waals surface area contributed by atoms with Crippen LogP contribution in [0.15, 0.2) is 40.8 Å². The van der Waals surface area contributed by atoms with Crippen LogP contribution >= 0.6 is 11.3 Å². The van der Waals surface area contributed by atoms with Crippen LogP contribution in [-0.4, -0.2) is 24.4 Å². The number of furan rings is 1. The molecule has 0 saturated carbocycles. The molecule has 0 saturated heterocycles. The van der Waals surface area contributed by atoms with Crippen LogP contribution in [0.4, 0.5) is 10.7 Å². The van der Waals surface area contributed by atoms with Gasteiger partial charge in [-0.05, 0) is 23.8 Å². The Morgan fingerprint density at radius 3 is 2.90 bits per heavy atom. The van der Waals surface area contributed by atoms with Gasteiger partial charge in [-0.15, -0.1) is 11.3 Å². The number of rotatable bonds is 3. The maximum atomic E-state index is 12.8. The Bertz CT molecular complexity index is 1140. The number of para-hydroxylation sites is 1. The first-order valence-electron chi connectivity index (χ1n) is 9.38. The Balaban J connectivity index is 1.46. The largest absolute Gasteiger partial charge is 0.457 e. The highest BCUT2D eigenvalue weighted by molar-refractivity contribution is 7.16. The average Bonchev–Trinajstić information content (AvgIpc) is 3.32. The third-order valence-electron chi connectivity index (χ3n) is 5.41. The number of anilines is 1. The second-order valence-electron chi connectivity index (χ2n) is 7.37. The number of carbonyl (C=O) groups is 1. The number of fused-ring (bicyclic) bond motifs is 3. The zero-order chi connectivity index (χ0) is 20.1. The number of hydrogen-bond acceptors (Lipinski definition) is 6. The lowest BCUT2D eigenvalue weighted by atomic mass is 10.0. The van der Waals surface area contributed by atoms with E-state index in [4.69, 9.17) is 4.42 Å². The van der Waals surface area contributed by atoms with Crippen molar-refractivity contribution in [3.8, 4) is 11.3 Å². The number of amides is 1. The van der Waals surface area contributed by atoms with Crippen molar-refractivity contribution in [2.24, 2.45) is 0 Å². The van der Waals surface area contributed by atoms with Crippen LogP contribution in [0.5, 0.6) is 0 Å². The number of nitro groups is 1. The first-order valence-corrected chi connectivity index (χ1v) is 10.2. The van der Waals surface area contributed by atoms with Gasteiger partial charge in [0.25, 0.3) is 11.6 Å². The zero-order valence-corrected chi connectivity index (χ0v) is 16.5. The van der Waals surface area contributed by atoms with Crippen LogP contribution in [0.2, 0.25) is 0 Å². The lowest BCUT2D eigenvalue weighted by Gasteiger charge is -2.25. The van der Waals surface area contributed by atoms with Gasteiger partial charge < -0.3 is 20.0 Å². The van der Waals surface area contributed by atoms with Gasteiger partial charge in [0.1, 0.15) is 23.1 Å². The quantitative estimate of drug-likeness (QED) is 0.454. The summed E-state index contributed by atoms with van der Waals surface area (Å²) in [6.45, 7) is 1.94. The van der Waals surface area contributed by atoms with Crippen LogP contribution in [-0.2, 0) is 13.0 Å². The Kier molecular flexibility index (Phi) is 4.14. The lowest BCUT2D eigenvalue weighted by molar-refractivity contribution is -0.895. The molecule has 148 valence electrons. The maximum absolute atomic E-state index is 12.8. The molecule has 1 amide bonds. The Morgan fingerprint density at radius 1 is 1.24 bits per heavy atom. The van der Waals surface area contributed by atoms with E-state index >= 15 is 0 Å². The summed E-state index contributed by atoms with van der Waals surface area (Å²) in [4.78, 5) is 26.4. The first kappa shape index (κ1) is 17.9. The smallest absolute Gasteiger partial charge is 0.280 e. The van der Waals surface area contributed by atoms with E-state index in [9.17, 15) is 14.9 Å². The van der Waals surface area contributed by atoms with Crippen LogP contribution in [0.25, 0.3) is 11.3 Å². The van der Waals surface area contributed by atoms with Crippen LogP contribution in [0.1, 0.15) is 32.7 Å². The number of hydrogen-bond donors (Lipinski definition) is 3. The molecule has 5 rings (SSSR count). The summed E-state index contributed by atoms with van der Waals surface area (Å²) in [5, 5.41) is 18.5. The van der Waals surface area contributed by atoms with Crippen molar-refractivity contribution >= 4 is 27.9 Å². The molecule has 9 heteroatoms. The SMILES string of the molecule is C[NH+]1CCc2c(sc3c2C(=O)N[C@@H](c2ccc(-c4ccccc4[N+](=O)[O-])o2)N3)C1. The van der Waals surface area contributed by atoms with E-state index in [-0.39, 0.29) is 11.6 Å². The maximum Gasteiger partial charge on any atom is 0.280 e. The molecular formula is C20H19N4O4S+. The van der Waals surface area contributed by atoms with Gasteiger partial charge in [0.15, 0.2) is 6.17 Å². The lowest BCUT2D eigenvalue weighted by Crippen LogP contribution is -3.08. The van der Waals surface area contributed by atoms with Gasteiger partial charge in [-0.1, -0.05) is 12.1 Å². The zero-order valence-electron chi connectivity index (χ0n) is 15.7. The summed E-state index contributed by atoms with van der Waals surface area (Å²) >= 11 is 1.63. The molecule has 0 radical (unpaired) electrons. The van der Waals surface area contributed by atoms with E-state index in [1.165, 1.54) is 15.8 Å². The monoisotopic (exact) mass is 411 g/mol. The number of thiophene rings is 1. The number of nitro benzene ring substituents is 1. The molecule has 2 atom stereocenters. The van der Waals surface area contributed by atoms with E-state index in [1.54, 1.807) is 41.7 Å². The minimum absolute atomic E-state index is 0.0196. The fourth-order valence-electron chi connectivity index (χ4n) is 3.97. The Labute approximate surface area is 170 Å². The normalized spacial score (nSPS) is 20.4. The van der Waals surface area contributed by atoms with Gasteiger partial charge in [-0.3, -0.25) is 14.9 Å². The number of benzene rings is 1. The summed E-state index contributed by atoms with van der Waals surface area (Å²) in [7, 11) is 2.16. The van der Waals surface area contributed by atoms with Gasteiger partial charge in [0, 0.05) is 12.5 Å². The fraction of sp³-hybridized carbons (Fsp3) is 0.250. The van der Waals surface area contributed by atoms with Crippen LogP contribution in [0, 0.1) is 10.1 Å². The summed E-state index contributed by atoms with van der Waals surface area (Å²) in [5.41, 5.74) is 2.29. The molecule has 2 aliphatic heterocycles. The number of carbonyl (C=O) groups excluding carboxylic acids is 1. The highest BCUT2D eigenvalue weighted by atomic mass is 32.1. The molecule has 3 N–H and O–H groups in total. The van der Waals surface area contributed by atoms with Gasteiger partial charge in [-0.25, -0.2) is 0 Å². The van der Waals surface area contributed by atoms with Crippen molar-refractivity contribution in [2.45, 2.75) is 19.1 Å². The van der Waals surface area contributed by atoms with Crippen molar-refractivity contribution in [1.29, 1.82) is 0 Å². The topological polar surface area (TPSA) is 102 Å². The molecule has 2 aliphatic rings. The molecule has 0 aliphatic carbocycles. The number of nitrogens with zero attached hydrogens (tertiary/aromatic N) is 1. The highest BCUT2D eigenvalue weighted by Crippen LogP contribution is 2.40. The third kappa shape index (κ3) is 2.99. The molecule has 3 aromatic rings. The molecule has 2 aromatic heterocycles. The van der Waals surface area contributed by atoms with Gasteiger partial charge in [0.2, 0.25) is 0 Å². The van der Waals surface area contributed by atoms with Crippen molar-refractivity contribution in [2.75, 3.05) is 18.9 Å². The Morgan fingerprint density at radius 2 is 2.07 bits per heavy atom. The summed E-state index contributed by atoms with van der Waals surface area (Å²) in [5.74, 6) is 0.792. The van der Waals surface area contributed by atoms with Crippen molar-refractivity contribution in [1.82, 2.24) is 5.32 Å². The summed E-state index contributed by atoms with van der Waals surface area (Å²) < 4.78 is 5.90. The molecule has 0 bridgehead atoms. The highest BCUT2D eigenvalue weighted by Gasteiger charge is 2.35. The van der Waals surface area contributed by atoms with Crippen LogP contribution in [0.3, 0.4) is 0 Å². The predicted molar refractivity (Wildman–Crippen MR) is 108 cm³/mol. The molecular weight excluding hydrogens is 392 g/mol. The molecule has 0 spiro atoms. The molecule has 8 nitrogen and oxygen atoms in total. The van der Waals surface area contributed by atoms with Gasteiger partial charge >= 0.3 is 0 Å². The standard InChI is InChI=1S/C20H18N4O4S/c1-23-9-8-12-16(10-23)29-20-17(12)19(25)21-18(22-20)15-7-6-14(28-15)11-4-2-3-5-13(11)24(26)27/h2-7,18,22H,8-10H2,1H3,(H,21,25)/p+1/t18-/m1/s1. The van der Waals surface area contributed by atoms with E-state index in [0.717, 1.165) is 35.6 Å². The second kappa shape index (κ2) is 6.71. The summed E-state index contributed by atoms with van der Waals surface area (Å²) in [6, 6.07) is 9.87. The minimum atomic E-state index is -0.517. The van der Waals surface area contributed by atoms with Gasteiger partial charge in [-0.2, -0.15) is 0 Å². The molecule has 29 heavy (non-hydrogen) atoms. The van der Waals surface area contributed by atoms with Crippen molar-refractivity contribution in [3.05, 3.63) is 68.3 Å². The molecule has 1 aromatic carbocycles. The van der Waals surface area contributed by atoms with Crippen LogP contribution < -0.4 is 15.5 Å². The molecule has 1 unspecified atom stereocenters. The van der Waals surface area contributed by atoms with Gasteiger partial charge in [0.05, 0.1) is 34.5 Å². The number of nitrogens with one attached hydrogen (secondary N) is 3. The Hall–Kier alpha value is -3.17. The third-order valence-corrected chi connectivity index (χ3v) is 6.57. The average molecular weight is 411 g/mol. The molecule has 4 heterocycles. The number of quaternary nitrogens is 1. The number of likely N-dealkylation sites (N-methyl/N-ethyl adjacent to an activating group) is 1. The fourth-order valence-corrected chi connectivity index (χ4v) is 5.36. The van der Waals surface area contributed by atoms with Crippen molar-refractivity contribution < 1.29 is 19.0 Å². The molecule has 0 fully saturated rings. The van der Waals surface area contributed by atoms with E-state index < -0.39 is 11.1 Å². The van der Waals surface area contributed by atoms with E-state index in [2.05, 4.69) is 17.7 Å². The predicted octanol–water partition coefficient (Wildman–Crippen LogP) is 2.34.